The van der Waals surface area contributed by atoms with Crippen LogP contribution in [0.3, 0.4) is 0 Å². The number of nitrogens with one attached hydrogen (secondary N) is 1. The van der Waals surface area contributed by atoms with Crippen molar-refractivity contribution in [3.8, 4) is 0 Å². The SMILES string of the molecule is CCCC(C)NCC(C)N1CCSCC1C. The summed E-state index contributed by atoms with van der Waals surface area (Å²) in [7, 11) is 0. The lowest BCUT2D eigenvalue weighted by molar-refractivity contribution is 0.166. The van der Waals surface area contributed by atoms with Crippen molar-refractivity contribution in [2.45, 2.75) is 58.7 Å². The van der Waals surface area contributed by atoms with E-state index in [1.807, 2.05) is 0 Å². The van der Waals surface area contributed by atoms with Crippen molar-refractivity contribution < 1.29 is 0 Å². The van der Waals surface area contributed by atoms with Gasteiger partial charge in [-0.3, -0.25) is 4.90 Å². The van der Waals surface area contributed by atoms with E-state index in [0.29, 0.717) is 12.1 Å². The van der Waals surface area contributed by atoms with Gasteiger partial charge in [0.15, 0.2) is 0 Å². The lowest BCUT2D eigenvalue weighted by Crippen LogP contribution is -2.50. The quantitative estimate of drug-likeness (QED) is 0.773. The van der Waals surface area contributed by atoms with Crippen LogP contribution in [0.2, 0.25) is 0 Å². The van der Waals surface area contributed by atoms with E-state index >= 15 is 0 Å². The first-order valence-electron chi connectivity index (χ1n) is 6.72. The molecule has 0 bridgehead atoms. The lowest BCUT2D eigenvalue weighted by Gasteiger charge is -2.38. The van der Waals surface area contributed by atoms with E-state index in [9.17, 15) is 0 Å². The van der Waals surface area contributed by atoms with Gasteiger partial charge in [-0.05, 0) is 27.2 Å². The van der Waals surface area contributed by atoms with Gasteiger partial charge in [0, 0.05) is 42.7 Å². The molecule has 0 amide bonds. The fourth-order valence-electron chi connectivity index (χ4n) is 2.42. The summed E-state index contributed by atoms with van der Waals surface area (Å²) in [5.41, 5.74) is 0. The van der Waals surface area contributed by atoms with Crippen molar-refractivity contribution in [2.75, 3.05) is 24.6 Å². The van der Waals surface area contributed by atoms with Gasteiger partial charge in [-0.1, -0.05) is 13.3 Å². The normalized spacial score (nSPS) is 26.6. The Hall–Kier alpha value is 0.270. The highest BCUT2D eigenvalue weighted by atomic mass is 32.2. The molecule has 0 spiro atoms. The number of hydrogen-bond acceptors (Lipinski definition) is 3. The Labute approximate surface area is 106 Å². The Kier molecular flexibility index (Phi) is 6.78. The predicted octanol–water partition coefficient (Wildman–Crippen LogP) is 2.59. The fourth-order valence-corrected chi connectivity index (χ4v) is 3.46. The molecule has 0 aliphatic carbocycles. The molecule has 3 heteroatoms. The molecule has 3 atom stereocenters. The highest BCUT2D eigenvalue weighted by Crippen LogP contribution is 2.18. The molecule has 1 rings (SSSR count). The van der Waals surface area contributed by atoms with Gasteiger partial charge in [0.1, 0.15) is 0 Å². The molecular formula is C13H28N2S. The van der Waals surface area contributed by atoms with Gasteiger partial charge in [0.05, 0.1) is 0 Å². The second kappa shape index (κ2) is 7.57. The highest BCUT2D eigenvalue weighted by Gasteiger charge is 2.23. The Balaban J connectivity index is 2.25. The van der Waals surface area contributed by atoms with Crippen LogP contribution < -0.4 is 5.32 Å². The third-order valence-electron chi connectivity index (χ3n) is 3.47. The van der Waals surface area contributed by atoms with Crippen LogP contribution in [-0.4, -0.2) is 47.6 Å². The van der Waals surface area contributed by atoms with Crippen molar-refractivity contribution in [1.82, 2.24) is 10.2 Å². The molecule has 1 heterocycles. The second-order valence-electron chi connectivity index (χ2n) is 5.11. The van der Waals surface area contributed by atoms with Crippen LogP contribution in [0.4, 0.5) is 0 Å². The Morgan fingerprint density at radius 1 is 1.44 bits per heavy atom. The maximum absolute atomic E-state index is 3.65. The van der Waals surface area contributed by atoms with Gasteiger partial charge in [-0.15, -0.1) is 0 Å². The smallest absolute Gasteiger partial charge is 0.0195 e. The van der Waals surface area contributed by atoms with Gasteiger partial charge in [0.25, 0.3) is 0 Å². The van der Waals surface area contributed by atoms with Crippen LogP contribution in [0.15, 0.2) is 0 Å². The first-order chi connectivity index (χ1) is 7.65. The van der Waals surface area contributed by atoms with Gasteiger partial charge in [-0.25, -0.2) is 0 Å². The Morgan fingerprint density at radius 3 is 2.81 bits per heavy atom. The van der Waals surface area contributed by atoms with E-state index in [4.69, 9.17) is 0 Å². The summed E-state index contributed by atoms with van der Waals surface area (Å²) in [6, 6.07) is 2.09. The standard InChI is InChI=1S/C13H28N2S/c1-5-6-11(2)14-9-12(3)15-7-8-16-10-13(15)4/h11-14H,5-10H2,1-4H3. The summed E-state index contributed by atoms with van der Waals surface area (Å²) in [6.45, 7) is 11.7. The summed E-state index contributed by atoms with van der Waals surface area (Å²) in [5.74, 6) is 2.61. The maximum atomic E-state index is 3.65. The van der Waals surface area contributed by atoms with Crippen molar-refractivity contribution in [3.63, 3.8) is 0 Å². The molecule has 0 aromatic rings. The summed E-state index contributed by atoms with van der Waals surface area (Å²) in [6.07, 6.45) is 2.57. The third kappa shape index (κ3) is 4.64. The second-order valence-corrected chi connectivity index (χ2v) is 6.26. The molecule has 2 nitrogen and oxygen atoms in total. The molecule has 1 N–H and O–H groups in total. The number of nitrogens with zero attached hydrogens (tertiary/aromatic N) is 1. The molecule has 0 radical (unpaired) electrons. The molecule has 1 fully saturated rings. The summed E-state index contributed by atoms with van der Waals surface area (Å²) in [5, 5.41) is 3.65. The Bertz CT molecular complexity index is 187. The van der Waals surface area contributed by atoms with Crippen LogP contribution in [0, 0.1) is 0 Å². The van der Waals surface area contributed by atoms with Crippen molar-refractivity contribution in [1.29, 1.82) is 0 Å². The summed E-state index contributed by atoms with van der Waals surface area (Å²) in [4.78, 5) is 2.65. The minimum Gasteiger partial charge on any atom is -0.313 e. The van der Waals surface area contributed by atoms with Gasteiger partial charge < -0.3 is 5.32 Å². The van der Waals surface area contributed by atoms with Gasteiger partial charge >= 0.3 is 0 Å². The van der Waals surface area contributed by atoms with Crippen LogP contribution >= 0.6 is 11.8 Å². The van der Waals surface area contributed by atoms with Crippen LogP contribution in [-0.2, 0) is 0 Å². The lowest BCUT2D eigenvalue weighted by atomic mass is 10.1. The fraction of sp³-hybridized carbons (Fsp3) is 1.00. The highest BCUT2D eigenvalue weighted by molar-refractivity contribution is 7.99. The molecule has 1 aliphatic heterocycles. The van der Waals surface area contributed by atoms with E-state index in [2.05, 4.69) is 49.7 Å². The molecule has 0 saturated carbocycles. The van der Waals surface area contributed by atoms with E-state index in [1.54, 1.807) is 0 Å². The first kappa shape index (κ1) is 14.3. The molecule has 3 unspecified atom stereocenters. The van der Waals surface area contributed by atoms with Gasteiger partial charge in [0.2, 0.25) is 0 Å². The molecule has 0 aromatic heterocycles. The summed E-state index contributed by atoms with van der Waals surface area (Å²) >= 11 is 2.09. The number of hydrogen-bond donors (Lipinski definition) is 1. The van der Waals surface area contributed by atoms with E-state index in [-0.39, 0.29) is 0 Å². The maximum Gasteiger partial charge on any atom is 0.0195 e. The number of thioether (sulfide) groups is 1. The molecule has 1 saturated heterocycles. The van der Waals surface area contributed by atoms with Gasteiger partial charge in [-0.2, -0.15) is 11.8 Å². The zero-order valence-corrected chi connectivity index (χ0v) is 12.1. The third-order valence-corrected chi connectivity index (χ3v) is 4.66. The zero-order chi connectivity index (χ0) is 12.0. The van der Waals surface area contributed by atoms with Crippen molar-refractivity contribution in [3.05, 3.63) is 0 Å². The van der Waals surface area contributed by atoms with Crippen molar-refractivity contribution in [2.24, 2.45) is 0 Å². The van der Waals surface area contributed by atoms with Crippen LogP contribution in [0.1, 0.15) is 40.5 Å². The minimum absolute atomic E-state index is 0.668. The molecule has 96 valence electrons. The van der Waals surface area contributed by atoms with E-state index in [0.717, 1.165) is 12.6 Å². The average Bonchev–Trinajstić information content (AvgIpc) is 2.27. The van der Waals surface area contributed by atoms with Crippen molar-refractivity contribution >= 4 is 11.8 Å². The monoisotopic (exact) mass is 244 g/mol. The molecule has 16 heavy (non-hydrogen) atoms. The molecular weight excluding hydrogens is 216 g/mol. The largest absolute Gasteiger partial charge is 0.313 e. The van der Waals surface area contributed by atoms with Crippen LogP contribution in [0.25, 0.3) is 0 Å². The summed E-state index contributed by atoms with van der Waals surface area (Å²) < 4.78 is 0. The molecule has 1 aliphatic rings. The first-order valence-corrected chi connectivity index (χ1v) is 7.87. The average molecular weight is 244 g/mol. The predicted molar refractivity (Wildman–Crippen MR) is 75.3 cm³/mol. The van der Waals surface area contributed by atoms with E-state index < -0.39 is 0 Å². The Morgan fingerprint density at radius 2 is 2.19 bits per heavy atom. The topological polar surface area (TPSA) is 15.3 Å². The van der Waals surface area contributed by atoms with E-state index in [1.165, 1.54) is 30.9 Å². The zero-order valence-electron chi connectivity index (χ0n) is 11.3. The minimum atomic E-state index is 0.668. The van der Waals surface area contributed by atoms with Crippen LogP contribution in [0.5, 0.6) is 0 Å². The molecule has 0 aromatic carbocycles. The number of rotatable bonds is 6.